The predicted octanol–water partition coefficient (Wildman–Crippen LogP) is 3.56. The van der Waals surface area contributed by atoms with E-state index in [1.165, 1.54) is 6.07 Å². The van der Waals surface area contributed by atoms with Crippen LogP contribution in [0.2, 0.25) is 10.0 Å². The fraction of sp³-hybridized carbons (Fsp3) is 0.455. The van der Waals surface area contributed by atoms with E-state index in [2.05, 4.69) is 0 Å². The zero-order valence-corrected chi connectivity index (χ0v) is 9.71. The van der Waals surface area contributed by atoms with Gasteiger partial charge in [0, 0.05) is 16.1 Å². The van der Waals surface area contributed by atoms with Gasteiger partial charge in [-0.15, -0.1) is 0 Å². The van der Waals surface area contributed by atoms with Crippen molar-refractivity contribution in [2.24, 2.45) is 5.73 Å². The Kier molecular flexibility index (Phi) is 2.93. The van der Waals surface area contributed by atoms with Gasteiger partial charge in [0.25, 0.3) is 0 Å². The molecule has 0 unspecified atom stereocenters. The molecular formula is C11H12Cl2FN. The molecule has 1 aromatic carbocycles. The van der Waals surface area contributed by atoms with Crippen LogP contribution >= 0.6 is 23.2 Å². The van der Waals surface area contributed by atoms with Crippen LogP contribution in [-0.4, -0.2) is 5.54 Å². The Morgan fingerprint density at radius 1 is 1.27 bits per heavy atom. The highest BCUT2D eigenvalue weighted by molar-refractivity contribution is 6.33. The molecule has 0 amide bonds. The number of rotatable bonds is 3. The first-order valence-electron chi connectivity index (χ1n) is 4.93. The van der Waals surface area contributed by atoms with Crippen LogP contribution in [0.4, 0.5) is 4.39 Å². The molecule has 0 spiro atoms. The molecule has 2 N–H and O–H groups in total. The minimum absolute atomic E-state index is 0.0852. The molecule has 1 aromatic rings. The molecule has 1 fully saturated rings. The minimum Gasteiger partial charge on any atom is -0.325 e. The van der Waals surface area contributed by atoms with Crippen LogP contribution < -0.4 is 5.73 Å². The number of hydrogen-bond acceptors (Lipinski definition) is 1. The fourth-order valence-corrected chi connectivity index (χ4v) is 2.00. The summed E-state index contributed by atoms with van der Waals surface area (Å²) >= 11 is 11.6. The van der Waals surface area contributed by atoms with Gasteiger partial charge in [0.1, 0.15) is 5.82 Å². The zero-order chi connectivity index (χ0) is 11.1. The molecule has 2 rings (SSSR count). The van der Waals surface area contributed by atoms with E-state index in [0.29, 0.717) is 17.0 Å². The van der Waals surface area contributed by atoms with Crippen molar-refractivity contribution in [3.8, 4) is 0 Å². The molecule has 1 aliphatic carbocycles. The molecule has 4 heteroatoms. The Balaban J connectivity index is 2.16. The summed E-state index contributed by atoms with van der Waals surface area (Å²) in [6.07, 6.45) is 3.37. The van der Waals surface area contributed by atoms with Crippen LogP contribution in [0.3, 0.4) is 0 Å². The number of nitrogens with two attached hydrogens (primary N) is 1. The van der Waals surface area contributed by atoms with Crippen LogP contribution in [0.25, 0.3) is 0 Å². The fourth-order valence-electron chi connectivity index (χ4n) is 1.58. The summed E-state index contributed by atoms with van der Waals surface area (Å²) < 4.78 is 13.6. The summed E-state index contributed by atoms with van der Waals surface area (Å²) in [7, 11) is 0. The van der Waals surface area contributed by atoms with Gasteiger partial charge in [-0.1, -0.05) is 23.2 Å². The maximum absolute atomic E-state index is 13.6. The van der Waals surface area contributed by atoms with E-state index in [9.17, 15) is 4.39 Å². The Morgan fingerprint density at radius 2 is 1.87 bits per heavy atom. The van der Waals surface area contributed by atoms with Gasteiger partial charge in [0.2, 0.25) is 0 Å². The lowest BCUT2D eigenvalue weighted by Gasteiger charge is -2.10. The van der Waals surface area contributed by atoms with Gasteiger partial charge < -0.3 is 5.73 Å². The van der Waals surface area contributed by atoms with Crippen LogP contribution in [0, 0.1) is 5.82 Å². The maximum atomic E-state index is 13.6. The van der Waals surface area contributed by atoms with Gasteiger partial charge in [-0.25, -0.2) is 4.39 Å². The molecule has 0 heterocycles. The molecule has 0 aliphatic heterocycles. The molecule has 1 saturated carbocycles. The SMILES string of the molecule is NC1(CCc2c(Cl)ccc(Cl)c2F)CC1. The van der Waals surface area contributed by atoms with E-state index in [0.717, 1.165) is 19.3 Å². The third-order valence-corrected chi connectivity index (χ3v) is 3.55. The Morgan fingerprint density at radius 3 is 2.47 bits per heavy atom. The average molecular weight is 248 g/mol. The summed E-state index contributed by atoms with van der Waals surface area (Å²) in [5.74, 6) is -0.409. The van der Waals surface area contributed by atoms with Gasteiger partial charge in [-0.3, -0.25) is 0 Å². The van der Waals surface area contributed by atoms with E-state index in [1.807, 2.05) is 0 Å². The molecule has 1 aliphatic rings. The molecule has 0 atom stereocenters. The third-order valence-electron chi connectivity index (χ3n) is 2.90. The van der Waals surface area contributed by atoms with Crippen molar-refractivity contribution < 1.29 is 4.39 Å². The standard InChI is InChI=1S/C11H12Cl2FN/c12-8-1-2-9(13)10(14)7(8)3-4-11(15)5-6-11/h1-2H,3-6,15H2. The van der Waals surface area contributed by atoms with E-state index in [1.54, 1.807) is 6.07 Å². The Labute approximate surface area is 98.4 Å². The smallest absolute Gasteiger partial charge is 0.146 e. The second-order valence-electron chi connectivity index (χ2n) is 4.18. The Bertz CT molecular complexity index is 388. The van der Waals surface area contributed by atoms with Crippen LogP contribution in [-0.2, 0) is 6.42 Å². The van der Waals surface area contributed by atoms with E-state index >= 15 is 0 Å². The molecule has 0 bridgehead atoms. The molecule has 82 valence electrons. The minimum atomic E-state index is -0.409. The first-order valence-corrected chi connectivity index (χ1v) is 5.69. The van der Waals surface area contributed by atoms with Crippen LogP contribution in [0.15, 0.2) is 12.1 Å². The molecule has 15 heavy (non-hydrogen) atoms. The van der Waals surface area contributed by atoms with Gasteiger partial charge in [0.15, 0.2) is 0 Å². The van der Waals surface area contributed by atoms with Crippen LogP contribution in [0.5, 0.6) is 0 Å². The summed E-state index contributed by atoms with van der Waals surface area (Å²) in [6.45, 7) is 0. The molecule has 0 saturated heterocycles. The highest BCUT2D eigenvalue weighted by Gasteiger charge is 2.37. The van der Waals surface area contributed by atoms with Crippen molar-refractivity contribution >= 4 is 23.2 Å². The first kappa shape index (κ1) is 11.2. The van der Waals surface area contributed by atoms with Gasteiger partial charge >= 0.3 is 0 Å². The summed E-state index contributed by atoms with van der Waals surface area (Å²) in [6, 6.07) is 3.09. The molecular weight excluding hydrogens is 236 g/mol. The predicted molar refractivity (Wildman–Crippen MR) is 60.9 cm³/mol. The molecule has 0 aromatic heterocycles. The highest BCUT2D eigenvalue weighted by atomic mass is 35.5. The van der Waals surface area contributed by atoms with Crippen molar-refractivity contribution in [1.29, 1.82) is 0 Å². The van der Waals surface area contributed by atoms with E-state index in [4.69, 9.17) is 28.9 Å². The zero-order valence-electron chi connectivity index (χ0n) is 8.19. The molecule has 1 nitrogen and oxygen atoms in total. The van der Waals surface area contributed by atoms with E-state index < -0.39 is 5.82 Å². The van der Waals surface area contributed by atoms with Crippen molar-refractivity contribution in [1.82, 2.24) is 0 Å². The number of benzene rings is 1. The lowest BCUT2D eigenvalue weighted by atomic mass is 10.0. The first-order chi connectivity index (χ1) is 7.02. The van der Waals surface area contributed by atoms with Crippen molar-refractivity contribution in [2.45, 2.75) is 31.2 Å². The van der Waals surface area contributed by atoms with Gasteiger partial charge in [-0.2, -0.15) is 0 Å². The average Bonchev–Trinajstić information content (AvgIpc) is 2.91. The summed E-state index contributed by atoms with van der Waals surface area (Å²) in [5, 5.41) is 0.553. The normalized spacial score (nSPS) is 17.9. The van der Waals surface area contributed by atoms with Gasteiger partial charge in [0.05, 0.1) is 5.02 Å². The van der Waals surface area contributed by atoms with Crippen molar-refractivity contribution in [3.63, 3.8) is 0 Å². The lowest BCUT2D eigenvalue weighted by molar-refractivity contribution is 0.571. The number of hydrogen-bond donors (Lipinski definition) is 1. The van der Waals surface area contributed by atoms with Crippen molar-refractivity contribution in [3.05, 3.63) is 33.6 Å². The Hall–Kier alpha value is -0.310. The van der Waals surface area contributed by atoms with Gasteiger partial charge in [-0.05, 0) is 37.8 Å². The monoisotopic (exact) mass is 247 g/mol. The molecule has 0 radical (unpaired) electrons. The van der Waals surface area contributed by atoms with Crippen LogP contribution in [0.1, 0.15) is 24.8 Å². The lowest BCUT2D eigenvalue weighted by Crippen LogP contribution is -2.22. The number of halogens is 3. The topological polar surface area (TPSA) is 26.0 Å². The second kappa shape index (κ2) is 3.93. The second-order valence-corrected chi connectivity index (χ2v) is 5.00. The summed E-state index contributed by atoms with van der Waals surface area (Å²) in [5.41, 5.74) is 6.34. The highest BCUT2D eigenvalue weighted by Crippen LogP contribution is 2.38. The maximum Gasteiger partial charge on any atom is 0.146 e. The van der Waals surface area contributed by atoms with Crippen molar-refractivity contribution in [2.75, 3.05) is 0 Å². The third kappa shape index (κ3) is 2.44. The largest absolute Gasteiger partial charge is 0.325 e. The van der Waals surface area contributed by atoms with E-state index in [-0.39, 0.29) is 10.6 Å². The summed E-state index contributed by atoms with van der Waals surface area (Å²) in [4.78, 5) is 0. The quantitative estimate of drug-likeness (QED) is 0.813.